The van der Waals surface area contributed by atoms with Crippen LogP contribution in [0.25, 0.3) is 0 Å². The van der Waals surface area contributed by atoms with Gasteiger partial charge in [0, 0.05) is 43.7 Å². The Hall–Kier alpha value is -2.53. The van der Waals surface area contributed by atoms with E-state index in [1.54, 1.807) is 0 Å². The molecule has 162 valence electrons. The van der Waals surface area contributed by atoms with Crippen LogP contribution >= 0.6 is 0 Å². The highest BCUT2D eigenvalue weighted by Gasteiger charge is 2.49. The quantitative estimate of drug-likeness (QED) is 0.756. The van der Waals surface area contributed by atoms with E-state index in [1.807, 2.05) is 6.07 Å². The van der Waals surface area contributed by atoms with Crippen molar-refractivity contribution in [3.8, 4) is 11.5 Å². The fourth-order valence-electron chi connectivity index (χ4n) is 6.48. The third kappa shape index (κ3) is 3.49. The molecule has 4 atom stereocenters. The molecule has 0 unspecified atom stereocenters. The molecule has 31 heavy (non-hydrogen) atoms. The molecular weight excluding hydrogens is 388 g/mol. The number of carbonyl (C=O) groups excluding carboxylic acids is 1. The first-order chi connectivity index (χ1) is 15.3. The van der Waals surface area contributed by atoms with E-state index in [1.165, 1.54) is 17.5 Å². The molecule has 0 N–H and O–H groups in total. The summed E-state index contributed by atoms with van der Waals surface area (Å²) in [6.07, 6.45) is 5.12. The number of benzene rings is 2. The van der Waals surface area contributed by atoms with Crippen LogP contribution in [-0.4, -0.2) is 47.7 Å². The summed E-state index contributed by atoms with van der Waals surface area (Å²) in [5, 5.41) is 0. The maximum absolute atomic E-state index is 13.0. The van der Waals surface area contributed by atoms with Gasteiger partial charge in [0.15, 0.2) is 11.5 Å². The number of carbonyl (C=O) groups is 1. The average Bonchev–Trinajstić information content (AvgIpc) is 3.28. The minimum atomic E-state index is 0.306. The van der Waals surface area contributed by atoms with E-state index in [0.29, 0.717) is 36.6 Å². The van der Waals surface area contributed by atoms with Gasteiger partial charge in [0.25, 0.3) is 0 Å². The Morgan fingerprint density at radius 2 is 1.84 bits per heavy atom. The Balaban J connectivity index is 1.27. The summed E-state index contributed by atoms with van der Waals surface area (Å²) in [5.41, 5.74) is 2.55. The first-order valence-electron chi connectivity index (χ1n) is 11.7. The van der Waals surface area contributed by atoms with Crippen molar-refractivity contribution in [2.45, 2.75) is 50.7 Å². The number of piperidine rings is 3. The molecular formula is C26H30N2O3. The summed E-state index contributed by atoms with van der Waals surface area (Å²) in [7, 11) is 0. The Morgan fingerprint density at radius 3 is 2.74 bits per heavy atom. The minimum absolute atomic E-state index is 0.306. The van der Waals surface area contributed by atoms with Gasteiger partial charge in [0.1, 0.15) is 0 Å². The zero-order chi connectivity index (χ0) is 20.8. The molecule has 0 spiro atoms. The first-order valence-corrected chi connectivity index (χ1v) is 11.7. The molecule has 3 fully saturated rings. The van der Waals surface area contributed by atoms with Gasteiger partial charge < -0.3 is 14.4 Å². The molecule has 0 aliphatic carbocycles. The second kappa shape index (κ2) is 7.86. The van der Waals surface area contributed by atoms with Crippen molar-refractivity contribution in [3.63, 3.8) is 0 Å². The number of hydrogen-bond acceptors (Lipinski definition) is 4. The Morgan fingerprint density at radius 1 is 0.968 bits per heavy atom. The predicted molar refractivity (Wildman–Crippen MR) is 118 cm³/mol. The van der Waals surface area contributed by atoms with Crippen LogP contribution in [0.15, 0.2) is 48.5 Å². The highest BCUT2D eigenvalue weighted by Crippen LogP contribution is 2.44. The zero-order valence-corrected chi connectivity index (χ0v) is 17.9. The average molecular weight is 419 g/mol. The number of rotatable bonds is 4. The molecule has 3 saturated heterocycles. The van der Waals surface area contributed by atoms with Crippen molar-refractivity contribution in [1.29, 1.82) is 0 Å². The molecule has 4 aliphatic rings. The van der Waals surface area contributed by atoms with Gasteiger partial charge in [-0.25, -0.2) is 0 Å². The number of likely N-dealkylation sites (tertiary alicyclic amines) is 1. The SMILES string of the molecule is O=C1CCC[C@H]2[C@@H]3C[C@@H](CN(Cc4cccc5c4OCO5)C3)[C@H](Cc3ccccc3)N12. The van der Waals surface area contributed by atoms with Crippen molar-refractivity contribution in [2.24, 2.45) is 11.8 Å². The van der Waals surface area contributed by atoms with Crippen LogP contribution < -0.4 is 9.47 Å². The molecule has 5 heteroatoms. The molecule has 2 bridgehead atoms. The third-order valence-electron chi connectivity index (χ3n) is 7.73. The maximum atomic E-state index is 13.0. The second-order valence-electron chi connectivity index (χ2n) is 9.62. The van der Waals surface area contributed by atoms with Gasteiger partial charge >= 0.3 is 0 Å². The molecule has 4 aliphatic heterocycles. The van der Waals surface area contributed by atoms with Crippen molar-refractivity contribution in [2.75, 3.05) is 19.9 Å². The fraction of sp³-hybridized carbons (Fsp3) is 0.500. The molecule has 5 nitrogen and oxygen atoms in total. The fourth-order valence-corrected chi connectivity index (χ4v) is 6.48. The minimum Gasteiger partial charge on any atom is -0.454 e. The molecule has 4 heterocycles. The van der Waals surface area contributed by atoms with Crippen LogP contribution in [0.5, 0.6) is 11.5 Å². The van der Waals surface area contributed by atoms with E-state index in [9.17, 15) is 4.79 Å². The van der Waals surface area contributed by atoms with Gasteiger partial charge in [-0.3, -0.25) is 9.69 Å². The second-order valence-corrected chi connectivity index (χ2v) is 9.62. The van der Waals surface area contributed by atoms with Crippen LogP contribution in [0.1, 0.15) is 36.8 Å². The molecule has 0 aromatic heterocycles. The highest BCUT2D eigenvalue weighted by atomic mass is 16.7. The van der Waals surface area contributed by atoms with E-state index in [2.05, 4.69) is 52.3 Å². The van der Waals surface area contributed by atoms with E-state index >= 15 is 0 Å². The third-order valence-corrected chi connectivity index (χ3v) is 7.73. The van der Waals surface area contributed by atoms with Crippen molar-refractivity contribution in [1.82, 2.24) is 9.80 Å². The van der Waals surface area contributed by atoms with Crippen molar-refractivity contribution in [3.05, 3.63) is 59.7 Å². The summed E-state index contributed by atoms with van der Waals surface area (Å²) in [6, 6.07) is 17.6. The lowest BCUT2D eigenvalue weighted by atomic mass is 9.70. The van der Waals surface area contributed by atoms with Crippen molar-refractivity contribution < 1.29 is 14.3 Å². The largest absolute Gasteiger partial charge is 0.454 e. The van der Waals surface area contributed by atoms with Crippen LogP contribution in [0.3, 0.4) is 0 Å². The van der Waals surface area contributed by atoms with Gasteiger partial charge in [-0.05, 0) is 49.1 Å². The molecule has 2 aromatic rings. The lowest BCUT2D eigenvalue weighted by molar-refractivity contribution is -0.152. The summed E-state index contributed by atoms with van der Waals surface area (Å²) in [4.78, 5) is 18.0. The lowest BCUT2D eigenvalue weighted by Gasteiger charge is -2.57. The van der Waals surface area contributed by atoms with Crippen LogP contribution in [0.4, 0.5) is 0 Å². The summed E-state index contributed by atoms with van der Waals surface area (Å²) in [5.74, 6) is 3.25. The molecule has 2 aromatic carbocycles. The van der Waals surface area contributed by atoms with E-state index in [-0.39, 0.29) is 0 Å². The Bertz CT molecular complexity index is 962. The van der Waals surface area contributed by atoms with Crippen molar-refractivity contribution >= 4 is 5.91 Å². The van der Waals surface area contributed by atoms with E-state index < -0.39 is 0 Å². The molecule has 0 radical (unpaired) electrons. The Labute approximate surface area is 183 Å². The molecule has 1 amide bonds. The smallest absolute Gasteiger partial charge is 0.231 e. The van der Waals surface area contributed by atoms with E-state index in [4.69, 9.17) is 9.47 Å². The molecule has 0 saturated carbocycles. The standard InChI is InChI=1S/C26H30N2O3/c29-25-11-5-9-22-20-13-21(23(28(22)25)12-18-6-2-1-3-7-18)16-27(15-20)14-19-8-4-10-24-26(19)31-17-30-24/h1-4,6-8,10,20-23H,5,9,11-17H2/t20-,21+,22+,23+/m1/s1. The molecule has 6 rings (SSSR count). The van der Waals surface area contributed by atoms with Gasteiger partial charge in [0.05, 0.1) is 0 Å². The summed E-state index contributed by atoms with van der Waals surface area (Å²) < 4.78 is 11.3. The van der Waals surface area contributed by atoms with Gasteiger partial charge in [0.2, 0.25) is 12.7 Å². The van der Waals surface area contributed by atoms with Crippen LogP contribution in [-0.2, 0) is 17.8 Å². The summed E-state index contributed by atoms with van der Waals surface area (Å²) >= 11 is 0. The topological polar surface area (TPSA) is 42.0 Å². The highest BCUT2D eigenvalue weighted by molar-refractivity contribution is 5.78. The van der Waals surface area contributed by atoms with Gasteiger partial charge in [-0.15, -0.1) is 0 Å². The van der Waals surface area contributed by atoms with E-state index in [0.717, 1.165) is 56.8 Å². The lowest BCUT2D eigenvalue weighted by Crippen LogP contribution is -2.65. The van der Waals surface area contributed by atoms with Crippen LogP contribution in [0.2, 0.25) is 0 Å². The van der Waals surface area contributed by atoms with Gasteiger partial charge in [-0.2, -0.15) is 0 Å². The zero-order valence-electron chi connectivity index (χ0n) is 17.9. The number of ether oxygens (including phenoxy) is 2. The monoisotopic (exact) mass is 418 g/mol. The summed E-state index contributed by atoms with van der Waals surface area (Å²) in [6.45, 7) is 3.30. The number of hydrogen-bond donors (Lipinski definition) is 0. The van der Waals surface area contributed by atoms with Gasteiger partial charge in [-0.1, -0.05) is 42.5 Å². The maximum Gasteiger partial charge on any atom is 0.231 e. The first kappa shape index (κ1) is 19.2. The number of nitrogens with zero attached hydrogens (tertiary/aromatic N) is 2. The number of amides is 1. The Kier molecular flexibility index (Phi) is 4.87. The predicted octanol–water partition coefficient (Wildman–Crippen LogP) is 3.86. The normalized spacial score (nSPS) is 29.7. The number of para-hydroxylation sites is 1. The van der Waals surface area contributed by atoms with Crippen LogP contribution in [0, 0.1) is 11.8 Å². The number of fused-ring (bicyclic) bond motifs is 5.